The molecule has 0 aliphatic carbocycles. The first kappa shape index (κ1) is 26.1. The van der Waals surface area contributed by atoms with Crippen LogP contribution in [0.25, 0.3) is 0 Å². The second-order valence-electron chi connectivity index (χ2n) is 11.0. The van der Waals surface area contributed by atoms with Crippen LogP contribution in [0.5, 0.6) is 0 Å². The molecule has 0 radical (unpaired) electrons. The van der Waals surface area contributed by atoms with Crippen molar-refractivity contribution in [1.82, 2.24) is 20.2 Å². The number of fused-ring (bicyclic) bond motifs is 1. The lowest BCUT2D eigenvalue weighted by Crippen LogP contribution is -2.54. The van der Waals surface area contributed by atoms with E-state index in [9.17, 15) is 4.79 Å². The third kappa shape index (κ3) is 5.66. The van der Waals surface area contributed by atoms with Crippen molar-refractivity contribution in [3.63, 3.8) is 0 Å². The third-order valence-electron chi connectivity index (χ3n) is 8.31. The fourth-order valence-electron chi connectivity index (χ4n) is 5.93. The van der Waals surface area contributed by atoms with Crippen LogP contribution in [0, 0.1) is 6.92 Å². The van der Waals surface area contributed by atoms with Gasteiger partial charge >= 0.3 is 0 Å². The zero-order chi connectivity index (χ0) is 25.9. The average molecular weight is 508 g/mol. The number of piperidine rings is 1. The Balaban J connectivity index is 1.23. The largest absolute Gasteiger partial charge is 0.379 e. The Morgan fingerprint density at radius 2 is 1.95 bits per heavy atom. The predicted molar refractivity (Wildman–Crippen MR) is 144 cm³/mol. The number of anilines is 1. The number of nitrogens with one attached hydrogen (secondary N) is 1. The molecule has 2 unspecified atom stereocenters. The molecule has 0 saturated carbocycles. The Morgan fingerprint density at radius 3 is 2.70 bits per heavy atom. The van der Waals surface area contributed by atoms with E-state index in [1.54, 1.807) is 13.4 Å². The lowest BCUT2D eigenvalue weighted by atomic mass is 9.93. The third-order valence-corrected chi connectivity index (χ3v) is 8.31. The van der Waals surface area contributed by atoms with Gasteiger partial charge in [0.2, 0.25) is 0 Å². The SMILES string of the molecule is COC1COCCC1NC1CCN(C(=O)c2ncnc(N3CCc4ccc(C(C)C)cc4C3)c2C)CC1. The zero-order valence-electron chi connectivity index (χ0n) is 22.7. The molecule has 8 nitrogen and oxygen atoms in total. The molecule has 200 valence electrons. The van der Waals surface area contributed by atoms with Gasteiger partial charge in [-0.05, 0) is 55.2 Å². The number of aromatic nitrogens is 2. The van der Waals surface area contributed by atoms with Crippen LogP contribution in [0.15, 0.2) is 24.5 Å². The summed E-state index contributed by atoms with van der Waals surface area (Å²) in [6, 6.07) is 7.56. The van der Waals surface area contributed by atoms with E-state index in [0.29, 0.717) is 30.3 Å². The molecule has 8 heteroatoms. The van der Waals surface area contributed by atoms with Crippen LogP contribution in [0.3, 0.4) is 0 Å². The molecule has 3 aliphatic rings. The molecule has 1 amide bonds. The monoisotopic (exact) mass is 507 g/mol. The van der Waals surface area contributed by atoms with Crippen molar-refractivity contribution in [3.05, 3.63) is 52.5 Å². The van der Waals surface area contributed by atoms with Crippen molar-refractivity contribution in [1.29, 1.82) is 0 Å². The summed E-state index contributed by atoms with van der Waals surface area (Å²) in [6.07, 6.45) is 5.45. The molecule has 0 spiro atoms. The van der Waals surface area contributed by atoms with Gasteiger partial charge in [-0.15, -0.1) is 0 Å². The van der Waals surface area contributed by atoms with Gasteiger partial charge in [0.15, 0.2) is 0 Å². The van der Waals surface area contributed by atoms with E-state index in [1.165, 1.54) is 16.7 Å². The van der Waals surface area contributed by atoms with Crippen molar-refractivity contribution in [3.8, 4) is 0 Å². The summed E-state index contributed by atoms with van der Waals surface area (Å²) in [7, 11) is 1.75. The molecule has 3 aliphatic heterocycles. The molecule has 4 heterocycles. The van der Waals surface area contributed by atoms with Gasteiger partial charge in [0.25, 0.3) is 5.91 Å². The number of ether oxygens (including phenoxy) is 2. The Morgan fingerprint density at radius 1 is 1.14 bits per heavy atom. The van der Waals surface area contributed by atoms with Gasteiger partial charge in [-0.3, -0.25) is 4.79 Å². The summed E-state index contributed by atoms with van der Waals surface area (Å²) in [5.74, 6) is 1.39. The molecule has 5 rings (SSSR count). The maximum absolute atomic E-state index is 13.5. The molecule has 0 bridgehead atoms. The van der Waals surface area contributed by atoms with E-state index in [0.717, 1.165) is 69.9 Å². The average Bonchev–Trinajstić information content (AvgIpc) is 2.93. The summed E-state index contributed by atoms with van der Waals surface area (Å²) < 4.78 is 11.2. The number of nitrogens with zero attached hydrogens (tertiary/aromatic N) is 4. The van der Waals surface area contributed by atoms with E-state index >= 15 is 0 Å². The van der Waals surface area contributed by atoms with Crippen molar-refractivity contribution >= 4 is 11.7 Å². The van der Waals surface area contributed by atoms with Crippen molar-refractivity contribution in [2.75, 3.05) is 44.9 Å². The smallest absolute Gasteiger partial charge is 0.272 e. The predicted octanol–water partition coefficient (Wildman–Crippen LogP) is 3.47. The van der Waals surface area contributed by atoms with Gasteiger partial charge in [0.05, 0.1) is 12.7 Å². The summed E-state index contributed by atoms with van der Waals surface area (Å²) in [4.78, 5) is 26.9. The van der Waals surface area contributed by atoms with Gasteiger partial charge in [0.1, 0.15) is 17.8 Å². The molecule has 2 fully saturated rings. The maximum atomic E-state index is 13.5. The number of methoxy groups -OCH3 is 1. The summed E-state index contributed by atoms with van der Waals surface area (Å²) >= 11 is 0. The number of rotatable bonds is 6. The Labute approximate surface area is 220 Å². The Bertz CT molecular complexity index is 1100. The van der Waals surface area contributed by atoms with E-state index in [4.69, 9.17) is 9.47 Å². The quantitative estimate of drug-likeness (QED) is 0.641. The molecular weight excluding hydrogens is 466 g/mol. The molecule has 1 N–H and O–H groups in total. The molecule has 2 atom stereocenters. The minimum atomic E-state index is 0.0138. The minimum absolute atomic E-state index is 0.0138. The standard InChI is InChI=1S/C29H41N5O3/c1-19(2)22-6-5-21-7-11-34(16-23(21)15-22)28-20(3)27(30-18-31-28)29(35)33-12-8-24(9-13-33)32-25-10-14-37-17-26(25)36-4/h5-6,15,18-19,24-26,32H,7-14,16-17H2,1-4H3. The van der Waals surface area contributed by atoms with Crippen molar-refractivity contribution < 1.29 is 14.3 Å². The van der Waals surface area contributed by atoms with Crippen molar-refractivity contribution in [2.24, 2.45) is 0 Å². The molecular formula is C29H41N5O3. The first-order chi connectivity index (χ1) is 17.9. The molecule has 2 saturated heterocycles. The summed E-state index contributed by atoms with van der Waals surface area (Å²) in [5, 5.41) is 3.77. The Hall–Kier alpha value is -2.55. The van der Waals surface area contributed by atoms with Crippen LogP contribution in [0.4, 0.5) is 5.82 Å². The first-order valence-corrected chi connectivity index (χ1v) is 13.8. The van der Waals surface area contributed by atoms with Crippen LogP contribution in [-0.4, -0.2) is 78.9 Å². The van der Waals surface area contributed by atoms with E-state index < -0.39 is 0 Å². The molecule has 2 aromatic rings. The number of likely N-dealkylation sites (tertiary alicyclic amines) is 1. The van der Waals surface area contributed by atoms with Crippen LogP contribution in [0.1, 0.15) is 71.8 Å². The maximum Gasteiger partial charge on any atom is 0.272 e. The van der Waals surface area contributed by atoms with E-state index in [-0.39, 0.29) is 12.0 Å². The normalized spacial score (nSPS) is 22.8. The lowest BCUT2D eigenvalue weighted by Gasteiger charge is -2.38. The molecule has 37 heavy (non-hydrogen) atoms. The van der Waals surface area contributed by atoms with Crippen LogP contribution in [0.2, 0.25) is 0 Å². The Kier molecular flexibility index (Phi) is 8.07. The number of hydrogen-bond acceptors (Lipinski definition) is 7. The van der Waals surface area contributed by atoms with Gasteiger partial charge < -0.3 is 24.6 Å². The van der Waals surface area contributed by atoms with Gasteiger partial charge in [-0.2, -0.15) is 0 Å². The lowest BCUT2D eigenvalue weighted by molar-refractivity contribution is -0.0533. The number of carbonyl (C=O) groups excluding carboxylic acids is 1. The fraction of sp³-hybridized carbons (Fsp3) is 0.621. The second kappa shape index (κ2) is 11.5. The summed E-state index contributed by atoms with van der Waals surface area (Å²) in [5.41, 5.74) is 5.54. The van der Waals surface area contributed by atoms with E-state index in [2.05, 4.69) is 52.2 Å². The van der Waals surface area contributed by atoms with Crippen LogP contribution in [-0.2, 0) is 22.4 Å². The number of benzene rings is 1. The van der Waals surface area contributed by atoms with Gasteiger partial charge in [0, 0.05) is 57.5 Å². The van der Waals surface area contributed by atoms with Gasteiger partial charge in [-0.1, -0.05) is 32.0 Å². The minimum Gasteiger partial charge on any atom is -0.379 e. The number of carbonyl (C=O) groups is 1. The number of hydrogen-bond donors (Lipinski definition) is 1. The topological polar surface area (TPSA) is 79.8 Å². The highest BCUT2D eigenvalue weighted by molar-refractivity contribution is 5.94. The van der Waals surface area contributed by atoms with Gasteiger partial charge in [-0.25, -0.2) is 9.97 Å². The fourth-order valence-corrected chi connectivity index (χ4v) is 5.93. The van der Waals surface area contributed by atoms with E-state index in [1.807, 2.05) is 11.8 Å². The highest BCUT2D eigenvalue weighted by Crippen LogP contribution is 2.29. The molecule has 1 aromatic heterocycles. The van der Waals surface area contributed by atoms with Crippen molar-refractivity contribution in [2.45, 2.75) is 77.1 Å². The highest BCUT2D eigenvalue weighted by Gasteiger charge is 2.31. The first-order valence-electron chi connectivity index (χ1n) is 13.8. The second-order valence-corrected chi connectivity index (χ2v) is 11.0. The van der Waals surface area contributed by atoms with Crippen LogP contribution < -0.4 is 10.2 Å². The highest BCUT2D eigenvalue weighted by atomic mass is 16.5. The van der Waals surface area contributed by atoms with Crippen LogP contribution >= 0.6 is 0 Å². The zero-order valence-corrected chi connectivity index (χ0v) is 22.7. The summed E-state index contributed by atoms with van der Waals surface area (Å²) in [6.45, 7) is 11.0. The molecule has 1 aromatic carbocycles. The number of amides is 1.